The monoisotopic (exact) mass is 311 g/mol. The number of phenols is 2. The molecule has 2 bridgehead atoms. The van der Waals surface area contributed by atoms with Gasteiger partial charge in [-0.15, -0.1) is 0 Å². The molecule has 2 heterocycles. The molecule has 0 radical (unpaired) electrons. The maximum absolute atomic E-state index is 10.2. The number of nitrogens with zero attached hydrogens (tertiary/aromatic N) is 2. The van der Waals surface area contributed by atoms with Gasteiger partial charge in [-0.2, -0.15) is 0 Å². The van der Waals surface area contributed by atoms with Crippen LogP contribution in [-0.2, 0) is 13.1 Å². The van der Waals surface area contributed by atoms with Crippen molar-refractivity contribution in [3.8, 4) is 11.5 Å². The molecule has 2 aliphatic heterocycles. The summed E-state index contributed by atoms with van der Waals surface area (Å²) in [6.07, 6.45) is 0. The van der Waals surface area contributed by atoms with Crippen LogP contribution in [0, 0.1) is 20.8 Å². The number of nitrogen functional groups attached to an aromatic ring is 1. The molecule has 0 aromatic heterocycles. The quantitative estimate of drug-likeness (QED) is 0.515. The molecule has 0 fully saturated rings. The molecule has 2 aromatic carbocycles. The zero-order chi connectivity index (χ0) is 16.5. The van der Waals surface area contributed by atoms with E-state index in [4.69, 9.17) is 5.73 Å². The van der Waals surface area contributed by atoms with E-state index in [-0.39, 0.29) is 5.75 Å². The largest absolute Gasteiger partial charge is 0.508 e. The van der Waals surface area contributed by atoms with Crippen molar-refractivity contribution < 1.29 is 10.2 Å². The summed E-state index contributed by atoms with van der Waals surface area (Å²) in [6, 6.07) is 3.66. The minimum atomic E-state index is 0.155. The van der Waals surface area contributed by atoms with Gasteiger partial charge in [-0.05, 0) is 60.7 Å². The predicted molar refractivity (Wildman–Crippen MR) is 92.1 cm³/mol. The number of anilines is 3. The maximum atomic E-state index is 10.2. The topological polar surface area (TPSA) is 73.0 Å². The summed E-state index contributed by atoms with van der Waals surface area (Å²) in [6.45, 7) is 8.24. The van der Waals surface area contributed by atoms with E-state index in [1.165, 1.54) is 5.69 Å². The highest BCUT2D eigenvalue weighted by atomic mass is 16.3. The molecule has 5 heteroatoms. The van der Waals surface area contributed by atoms with E-state index in [1.54, 1.807) is 6.07 Å². The normalized spacial score (nSPS) is 15.4. The van der Waals surface area contributed by atoms with Crippen LogP contribution in [0.3, 0.4) is 0 Å². The van der Waals surface area contributed by atoms with Crippen LogP contribution in [0.4, 0.5) is 17.1 Å². The zero-order valence-electron chi connectivity index (χ0n) is 13.6. The zero-order valence-corrected chi connectivity index (χ0v) is 13.6. The first-order valence-electron chi connectivity index (χ1n) is 7.81. The molecule has 4 N–H and O–H groups in total. The minimum Gasteiger partial charge on any atom is -0.508 e. The van der Waals surface area contributed by atoms with Crippen molar-refractivity contribution >= 4 is 17.1 Å². The molecular formula is C18H21N3O2. The van der Waals surface area contributed by atoms with E-state index in [1.807, 2.05) is 19.9 Å². The third-order valence-corrected chi connectivity index (χ3v) is 5.26. The lowest BCUT2D eigenvalue weighted by Crippen LogP contribution is -2.47. The Morgan fingerprint density at radius 3 is 1.96 bits per heavy atom. The molecule has 23 heavy (non-hydrogen) atoms. The SMILES string of the molecule is Cc1c(O)cc2c(c1C)N1Cc3cc(O)c(N)c(C)c3N(C2)C1. The van der Waals surface area contributed by atoms with E-state index in [9.17, 15) is 10.2 Å². The molecule has 0 spiro atoms. The Labute approximate surface area is 135 Å². The Hall–Kier alpha value is -2.56. The van der Waals surface area contributed by atoms with Crippen LogP contribution in [0.2, 0.25) is 0 Å². The number of hydrogen-bond donors (Lipinski definition) is 3. The van der Waals surface area contributed by atoms with Crippen LogP contribution in [0.15, 0.2) is 12.1 Å². The Bertz CT molecular complexity index is 776. The first-order chi connectivity index (χ1) is 10.9. The van der Waals surface area contributed by atoms with Crippen LogP contribution >= 0.6 is 0 Å². The number of rotatable bonds is 0. The molecule has 0 amide bonds. The summed E-state index contributed by atoms with van der Waals surface area (Å²) in [7, 11) is 0. The lowest BCUT2D eigenvalue weighted by atomic mass is 9.94. The van der Waals surface area contributed by atoms with Gasteiger partial charge in [0.15, 0.2) is 0 Å². The van der Waals surface area contributed by atoms with E-state index in [2.05, 4.69) is 16.7 Å². The van der Waals surface area contributed by atoms with Crippen molar-refractivity contribution in [2.24, 2.45) is 0 Å². The summed E-state index contributed by atoms with van der Waals surface area (Å²) >= 11 is 0. The van der Waals surface area contributed by atoms with E-state index < -0.39 is 0 Å². The van der Waals surface area contributed by atoms with Crippen molar-refractivity contribution in [2.75, 3.05) is 22.2 Å². The van der Waals surface area contributed by atoms with Crippen LogP contribution in [0.1, 0.15) is 27.8 Å². The predicted octanol–water partition coefficient (Wildman–Crippen LogP) is 2.90. The molecule has 0 aliphatic carbocycles. The third-order valence-electron chi connectivity index (χ3n) is 5.26. The summed E-state index contributed by atoms with van der Waals surface area (Å²) in [5.41, 5.74) is 14.0. The second-order valence-electron chi connectivity index (χ2n) is 6.63. The number of fused-ring (bicyclic) bond motifs is 6. The molecule has 2 aromatic rings. The van der Waals surface area contributed by atoms with Crippen LogP contribution < -0.4 is 15.5 Å². The maximum Gasteiger partial charge on any atom is 0.139 e. The first kappa shape index (κ1) is 14.1. The Morgan fingerprint density at radius 1 is 0.826 bits per heavy atom. The lowest BCUT2D eigenvalue weighted by molar-refractivity contribution is 0.468. The van der Waals surface area contributed by atoms with Gasteiger partial charge in [-0.25, -0.2) is 0 Å². The van der Waals surface area contributed by atoms with Gasteiger partial charge in [0, 0.05) is 24.5 Å². The van der Waals surface area contributed by atoms with E-state index >= 15 is 0 Å². The van der Waals surface area contributed by atoms with Crippen molar-refractivity contribution in [1.82, 2.24) is 0 Å². The highest BCUT2D eigenvalue weighted by Gasteiger charge is 2.33. The molecule has 4 rings (SSSR count). The second kappa shape index (κ2) is 4.47. The molecule has 5 nitrogen and oxygen atoms in total. The van der Waals surface area contributed by atoms with Crippen molar-refractivity contribution in [3.63, 3.8) is 0 Å². The van der Waals surface area contributed by atoms with Gasteiger partial charge in [-0.3, -0.25) is 0 Å². The highest BCUT2D eigenvalue weighted by molar-refractivity contribution is 5.79. The highest BCUT2D eigenvalue weighted by Crippen LogP contribution is 2.46. The van der Waals surface area contributed by atoms with Gasteiger partial charge in [0.05, 0.1) is 12.4 Å². The number of hydrogen-bond acceptors (Lipinski definition) is 5. The minimum absolute atomic E-state index is 0.155. The van der Waals surface area contributed by atoms with Crippen LogP contribution in [0.25, 0.3) is 0 Å². The summed E-state index contributed by atoms with van der Waals surface area (Å²) in [5.74, 6) is 0.508. The molecule has 120 valence electrons. The molecule has 0 unspecified atom stereocenters. The molecule has 0 saturated carbocycles. The fourth-order valence-corrected chi connectivity index (χ4v) is 3.96. The second-order valence-corrected chi connectivity index (χ2v) is 6.63. The average Bonchev–Trinajstić information content (AvgIpc) is 2.50. The van der Waals surface area contributed by atoms with Gasteiger partial charge in [0.25, 0.3) is 0 Å². The standard InChI is InChI=1S/C18H21N3O2/c1-9-10(2)17-12(4-14(9)22)6-21-8-20(17)7-13-5-15(23)16(19)11(3)18(13)21/h4-5,22-23H,6-8,19H2,1-3H3. The van der Waals surface area contributed by atoms with Crippen molar-refractivity contribution in [2.45, 2.75) is 33.9 Å². The summed E-state index contributed by atoms with van der Waals surface area (Å²) in [5, 5.41) is 20.2. The number of benzene rings is 2. The van der Waals surface area contributed by atoms with Crippen molar-refractivity contribution in [1.29, 1.82) is 0 Å². The smallest absolute Gasteiger partial charge is 0.139 e. The summed E-state index contributed by atoms with van der Waals surface area (Å²) < 4.78 is 0. The fraction of sp³-hybridized carbons (Fsp3) is 0.333. The van der Waals surface area contributed by atoms with Gasteiger partial charge >= 0.3 is 0 Å². The Morgan fingerprint density at radius 2 is 1.35 bits per heavy atom. The number of nitrogens with two attached hydrogens (primary N) is 1. The Kier molecular flexibility index (Phi) is 2.73. The Balaban J connectivity index is 1.91. The number of phenolic OH excluding ortho intramolecular Hbond substituents is 2. The van der Waals surface area contributed by atoms with E-state index in [0.29, 0.717) is 11.4 Å². The molecule has 0 atom stereocenters. The molecular weight excluding hydrogens is 290 g/mol. The van der Waals surface area contributed by atoms with Gasteiger partial charge < -0.3 is 25.7 Å². The summed E-state index contributed by atoms with van der Waals surface area (Å²) in [4.78, 5) is 4.57. The van der Waals surface area contributed by atoms with E-state index in [0.717, 1.165) is 53.3 Å². The van der Waals surface area contributed by atoms with Gasteiger partial charge in [-0.1, -0.05) is 0 Å². The van der Waals surface area contributed by atoms with Crippen LogP contribution in [0.5, 0.6) is 11.5 Å². The number of aromatic hydroxyl groups is 2. The van der Waals surface area contributed by atoms with Crippen molar-refractivity contribution in [3.05, 3.63) is 39.9 Å². The fourth-order valence-electron chi connectivity index (χ4n) is 3.96. The first-order valence-corrected chi connectivity index (χ1v) is 7.81. The van der Waals surface area contributed by atoms with Crippen LogP contribution in [-0.4, -0.2) is 16.9 Å². The third kappa shape index (κ3) is 1.79. The van der Waals surface area contributed by atoms with Gasteiger partial charge in [0.1, 0.15) is 11.5 Å². The lowest BCUT2D eigenvalue weighted by Gasteiger charge is -2.46. The molecule has 0 saturated heterocycles. The molecule has 2 aliphatic rings. The van der Waals surface area contributed by atoms with Gasteiger partial charge in [0.2, 0.25) is 0 Å². The average molecular weight is 311 g/mol.